The molecule has 4 rings (SSSR count). The third-order valence-corrected chi connectivity index (χ3v) is 4.36. The Kier molecular flexibility index (Phi) is 3.56. The molecule has 0 saturated heterocycles. The molecule has 1 aliphatic rings. The lowest BCUT2D eigenvalue weighted by atomic mass is 9.93. The Labute approximate surface area is 137 Å². The molecule has 0 bridgehead atoms. The molecule has 24 heavy (non-hydrogen) atoms. The summed E-state index contributed by atoms with van der Waals surface area (Å²) < 4.78 is 4.66. The average molecular weight is 324 g/mol. The second-order valence-corrected chi connectivity index (χ2v) is 5.88. The van der Waals surface area contributed by atoms with E-state index in [1.807, 2.05) is 0 Å². The Morgan fingerprint density at radius 2 is 1.92 bits per heavy atom. The zero-order chi connectivity index (χ0) is 16.5. The molecular formula is C16H16N6O2. The van der Waals surface area contributed by atoms with E-state index in [4.69, 9.17) is 0 Å². The molecule has 0 amide bonds. The van der Waals surface area contributed by atoms with Crippen molar-refractivity contribution in [1.29, 1.82) is 0 Å². The topological polar surface area (TPSA) is 87.6 Å². The fourth-order valence-corrected chi connectivity index (χ4v) is 2.74. The lowest BCUT2D eigenvalue weighted by Crippen LogP contribution is -2.43. The Balaban J connectivity index is 1.58. The van der Waals surface area contributed by atoms with Gasteiger partial charge >= 0.3 is 11.1 Å². The zero-order valence-electron chi connectivity index (χ0n) is 12.9. The van der Waals surface area contributed by atoms with Crippen molar-refractivity contribution in [2.24, 2.45) is 0 Å². The largest absolute Gasteiger partial charge is 0.316 e. The highest BCUT2D eigenvalue weighted by atomic mass is 16.2. The third-order valence-electron chi connectivity index (χ3n) is 4.36. The van der Waals surface area contributed by atoms with Crippen LogP contribution in [-0.4, -0.2) is 28.9 Å². The van der Waals surface area contributed by atoms with E-state index in [1.165, 1.54) is 4.57 Å². The summed E-state index contributed by atoms with van der Waals surface area (Å²) in [6.45, 7) is 0.219. The van der Waals surface area contributed by atoms with Gasteiger partial charge in [0.05, 0.1) is 12.2 Å². The van der Waals surface area contributed by atoms with Gasteiger partial charge in [0.25, 0.3) is 0 Å². The number of aromatic nitrogens is 6. The van der Waals surface area contributed by atoms with Gasteiger partial charge in [0.2, 0.25) is 0 Å². The second kappa shape index (κ2) is 5.88. The van der Waals surface area contributed by atoms with Crippen LogP contribution in [0.5, 0.6) is 0 Å². The van der Waals surface area contributed by atoms with Crippen molar-refractivity contribution in [1.82, 2.24) is 28.9 Å². The molecule has 1 aliphatic carbocycles. The molecule has 1 saturated carbocycles. The summed E-state index contributed by atoms with van der Waals surface area (Å²) in [5, 5.41) is 8.23. The molecule has 0 aromatic carbocycles. The van der Waals surface area contributed by atoms with Crippen LogP contribution in [-0.2, 0) is 6.54 Å². The molecule has 8 nitrogen and oxygen atoms in total. The number of hydrogen-bond acceptors (Lipinski definition) is 5. The summed E-state index contributed by atoms with van der Waals surface area (Å²) >= 11 is 0. The van der Waals surface area contributed by atoms with Gasteiger partial charge in [0, 0.05) is 30.8 Å². The first-order valence-electron chi connectivity index (χ1n) is 7.85. The van der Waals surface area contributed by atoms with Crippen molar-refractivity contribution in [2.45, 2.75) is 31.8 Å². The summed E-state index contributed by atoms with van der Waals surface area (Å²) in [4.78, 5) is 28.4. The monoisotopic (exact) mass is 324 g/mol. The van der Waals surface area contributed by atoms with Crippen molar-refractivity contribution in [3.05, 3.63) is 69.6 Å². The minimum absolute atomic E-state index is 0.175. The van der Waals surface area contributed by atoms with Crippen LogP contribution in [0.25, 0.3) is 5.82 Å². The Morgan fingerprint density at radius 1 is 1.04 bits per heavy atom. The molecule has 0 spiro atoms. The van der Waals surface area contributed by atoms with Crippen molar-refractivity contribution in [3.8, 4) is 5.82 Å². The van der Waals surface area contributed by atoms with Crippen molar-refractivity contribution >= 4 is 0 Å². The fourth-order valence-electron chi connectivity index (χ4n) is 2.74. The SMILES string of the molecule is O=c1c(=O)n(C2CCC2)ccn1Cc1ccc(-n2ccnc2)nn1. The molecule has 3 heterocycles. The molecule has 0 radical (unpaired) electrons. The van der Waals surface area contributed by atoms with Gasteiger partial charge in [0.1, 0.15) is 6.33 Å². The number of imidazole rings is 1. The Morgan fingerprint density at radius 3 is 2.54 bits per heavy atom. The van der Waals surface area contributed by atoms with E-state index >= 15 is 0 Å². The first kappa shape index (κ1) is 14.6. The third kappa shape index (κ3) is 2.55. The van der Waals surface area contributed by atoms with Gasteiger partial charge in [-0.25, -0.2) is 4.98 Å². The quantitative estimate of drug-likeness (QED) is 0.661. The maximum absolute atomic E-state index is 12.3. The highest BCUT2D eigenvalue weighted by Crippen LogP contribution is 2.29. The molecular weight excluding hydrogens is 308 g/mol. The molecule has 3 aromatic heterocycles. The van der Waals surface area contributed by atoms with Crippen molar-refractivity contribution in [3.63, 3.8) is 0 Å². The zero-order valence-corrected chi connectivity index (χ0v) is 12.9. The van der Waals surface area contributed by atoms with E-state index in [1.54, 1.807) is 52.4 Å². The summed E-state index contributed by atoms with van der Waals surface area (Å²) in [6.07, 6.45) is 11.4. The van der Waals surface area contributed by atoms with Crippen LogP contribution in [0, 0.1) is 0 Å². The van der Waals surface area contributed by atoms with E-state index < -0.39 is 11.1 Å². The van der Waals surface area contributed by atoms with E-state index in [2.05, 4.69) is 15.2 Å². The molecule has 0 aliphatic heterocycles. The lowest BCUT2D eigenvalue weighted by molar-refractivity contribution is 0.303. The standard InChI is InChI=1S/C16H16N6O2/c23-15-16(24)22(13-2-1-3-13)9-8-20(15)10-12-4-5-14(19-18-12)21-7-6-17-11-21/h4-9,11,13H,1-3,10H2. The number of nitrogens with zero attached hydrogens (tertiary/aromatic N) is 6. The molecule has 0 atom stereocenters. The van der Waals surface area contributed by atoms with Crippen LogP contribution in [0.4, 0.5) is 0 Å². The smallest absolute Gasteiger partial charge is 0.306 e. The predicted octanol–water partition coefficient (Wildman–Crippen LogP) is 0.759. The summed E-state index contributed by atoms with van der Waals surface area (Å²) in [7, 11) is 0. The van der Waals surface area contributed by atoms with Gasteiger partial charge < -0.3 is 9.13 Å². The van der Waals surface area contributed by atoms with Gasteiger partial charge in [-0.05, 0) is 31.4 Å². The highest BCUT2D eigenvalue weighted by Gasteiger charge is 2.21. The fraction of sp³-hybridized carbons (Fsp3) is 0.312. The maximum atomic E-state index is 12.3. The first-order valence-corrected chi connectivity index (χ1v) is 7.85. The molecule has 1 fully saturated rings. The van der Waals surface area contributed by atoms with Gasteiger partial charge in [-0.1, -0.05) is 0 Å². The van der Waals surface area contributed by atoms with Crippen LogP contribution in [0.15, 0.2) is 52.8 Å². The van der Waals surface area contributed by atoms with Crippen LogP contribution in [0.3, 0.4) is 0 Å². The van der Waals surface area contributed by atoms with Gasteiger partial charge in [-0.15, -0.1) is 5.10 Å². The first-order chi connectivity index (χ1) is 11.7. The van der Waals surface area contributed by atoms with E-state index in [0.29, 0.717) is 11.5 Å². The molecule has 8 heteroatoms. The lowest BCUT2D eigenvalue weighted by Gasteiger charge is -2.27. The van der Waals surface area contributed by atoms with E-state index in [-0.39, 0.29) is 12.6 Å². The van der Waals surface area contributed by atoms with Crippen molar-refractivity contribution in [2.75, 3.05) is 0 Å². The number of hydrogen-bond donors (Lipinski definition) is 0. The molecule has 0 N–H and O–H groups in total. The second-order valence-electron chi connectivity index (χ2n) is 5.88. The van der Waals surface area contributed by atoms with E-state index in [9.17, 15) is 9.59 Å². The van der Waals surface area contributed by atoms with Crippen LogP contribution in [0.2, 0.25) is 0 Å². The minimum Gasteiger partial charge on any atom is -0.306 e. The molecule has 0 unspecified atom stereocenters. The van der Waals surface area contributed by atoms with Crippen LogP contribution in [0.1, 0.15) is 31.0 Å². The van der Waals surface area contributed by atoms with Gasteiger partial charge in [-0.2, -0.15) is 5.10 Å². The molecule has 122 valence electrons. The minimum atomic E-state index is -0.523. The summed E-state index contributed by atoms with van der Waals surface area (Å²) in [6, 6.07) is 3.76. The predicted molar refractivity (Wildman–Crippen MR) is 86.1 cm³/mol. The van der Waals surface area contributed by atoms with Crippen molar-refractivity contribution < 1.29 is 0 Å². The van der Waals surface area contributed by atoms with E-state index in [0.717, 1.165) is 19.3 Å². The molecule has 3 aromatic rings. The average Bonchev–Trinajstić information content (AvgIpc) is 3.08. The van der Waals surface area contributed by atoms with Gasteiger partial charge in [-0.3, -0.25) is 14.2 Å². The normalized spacial score (nSPS) is 14.5. The Bertz CT molecular complexity index is 951. The van der Waals surface area contributed by atoms with Crippen LogP contribution < -0.4 is 11.1 Å². The maximum Gasteiger partial charge on any atom is 0.316 e. The summed E-state index contributed by atoms with van der Waals surface area (Å²) in [5.41, 5.74) is -0.378. The van der Waals surface area contributed by atoms with Crippen LogP contribution >= 0.6 is 0 Å². The highest BCUT2D eigenvalue weighted by molar-refractivity contribution is 5.21. The summed E-state index contributed by atoms with van der Waals surface area (Å²) in [5.74, 6) is 0.643. The number of rotatable bonds is 4. The Hall–Kier alpha value is -3.03. The van der Waals surface area contributed by atoms with Gasteiger partial charge in [0.15, 0.2) is 5.82 Å².